The van der Waals surface area contributed by atoms with Gasteiger partial charge in [0, 0.05) is 11.3 Å². The molecule has 0 unspecified atom stereocenters. The van der Waals surface area contributed by atoms with Gasteiger partial charge in [0.05, 0.1) is 11.3 Å². The number of ketones is 2. The summed E-state index contributed by atoms with van der Waals surface area (Å²) in [6, 6.07) is 12.8. The zero-order valence-corrected chi connectivity index (χ0v) is 14.9. The maximum atomic E-state index is 12.4. The van der Waals surface area contributed by atoms with Crippen LogP contribution in [0.4, 0.5) is 0 Å². The number of ether oxygens (including phenoxy) is 1. The third kappa shape index (κ3) is 3.16. The summed E-state index contributed by atoms with van der Waals surface area (Å²) in [4.78, 5) is 39.5. The van der Waals surface area contributed by atoms with Gasteiger partial charge < -0.3 is 9.72 Å². The Morgan fingerprint density at radius 1 is 1.00 bits per heavy atom. The molecule has 5 heteroatoms. The van der Waals surface area contributed by atoms with Gasteiger partial charge in [-0.1, -0.05) is 36.4 Å². The highest BCUT2D eigenvalue weighted by molar-refractivity contribution is 6.07. The lowest BCUT2D eigenvalue weighted by molar-refractivity contribution is 0.0475. The number of hydrogen-bond acceptors (Lipinski definition) is 4. The Balaban J connectivity index is 1.79. The fraction of sp³-hybridized carbons (Fsp3) is 0.190. The third-order valence-corrected chi connectivity index (χ3v) is 4.41. The van der Waals surface area contributed by atoms with Crippen molar-refractivity contribution in [3.63, 3.8) is 0 Å². The van der Waals surface area contributed by atoms with Crippen molar-refractivity contribution in [3.05, 3.63) is 70.5 Å². The number of nitrogens with one attached hydrogen (secondary N) is 1. The predicted octanol–water partition coefficient (Wildman–Crippen LogP) is 4.03. The maximum Gasteiger partial charge on any atom is 0.339 e. The molecule has 0 spiro atoms. The lowest BCUT2D eigenvalue weighted by Gasteiger charge is -2.07. The summed E-state index contributed by atoms with van der Waals surface area (Å²) >= 11 is 0. The van der Waals surface area contributed by atoms with Crippen LogP contribution in [0.5, 0.6) is 0 Å². The quantitative estimate of drug-likeness (QED) is 0.557. The minimum absolute atomic E-state index is 0.108. The third-order valence-electron chi connectivity index (χ3n) is 4.41. The largest absolute Gasteiger partial charge is 0.454 e. The average Bonchev–Trinajstić information content (AvgIpc) is 2.93. The van der Waals surface area contributed by atoms with Crippen molar-refractivity contribution in [2.75, 3.05) is 6.61 Å². The number of carbonyl (C=O) groups excluding carboxylic acids is 3. The van der Waals surface area contributed by atoms with E-state index in [0.29, 0.717) is 28.1 Å². The lowest BCUT2D eigenvalue weighted by Crippen LogP contribution is -2.15. The van der Waals surface area contributed by atoms with Gasteiger partial charge in [0.15, 0.2) is 12.4 Å². The molecule has 0 bridgehead atoms. The van der Waals surface area contributed by atoms with E-state index in [1.165, 1.54) is 6.92 Å². The molecule has 2 aromatic carbocycles. The van der Waals surface area contributed by atoms with E-state index in [9.17, 15) is 14.4 Å². The molecule has 5 nitrogen and oxygen atoms in total. The second-order valence-electron chi connectivity index (χ2n) is 6.21. The van der Waals surface area contributed by atoms with Crippen molar-refractivity contribution in [1.29, 1.82) is 0 Å². The second-order valence-corrected chi connectivity index (χ2v) is 6.21. The first kappa shape index (κ1) is 17.6. The number of rotatable bonds is 5. The van der Waals surface area contributed by atoms with Crippen LogP contribution in [-0.4, -0.2) is 29.1 Å². The number of aromatic amines is 1. The van der Waals surface area contributed by atoms with E-state index in [4.69, 9.17) is 4.74 Å². The van der Waals surface area contributed by atoms with E-state index in [1.807, 2.05) is 30.3 Å². The number of aromatic nitrogens is 1. The Hall–Kier alpha value is -3.21. The zero-order valence-electron chi connectivity index (χ0n) is 14.9. The Bertz CT molecular complexity index is 1020. The summed E-state index contributed by atoms with van der Waals surface area (Å²) in [5.74, 6) is -1.03. The van der Waals surface area contributed by atoms with Crippen LogP contribution in [0.25, 0.3) is 10.8 Å². The number of esters is 1. The van der Waals surface area contributed by atoms with Gasteiger partial charge in [-0.25, -0.2) is 4.79 Å². The van der Waals surface area contributed by atoms with Crippen LogP contribution in [0, 0.1) is 13.8 Å². The van der Waals surface area contributed by atoms with Crippen LogP contribution in [0.1, 0.15) is 49.4 Å². The van der Waals surface area contributed by atoms with Crippen LogP contribution in [0.3, 0.4) is 0 Å². The molecular weight excluding hydrogens is 330 g/mol. The van der Waals surface area contributed by atoms with Crippen LogP contribution in [0.2, 0.25) is 0 Å². The summed E-state index contributed by atoms with van der Waals surface area (Å²) < 4.78 is 5.22. The summed E-state index contributed by atoms with van der Waals surface area (Å²) in [6.45, 7) is 4.51. The molecule has 3 aromatic rings. The Labute approximate surface area is 151 Å². The number of Topliss-reactive ketones (excluding diaryl/α,β-unsaturated/α-hetero) is 2. The van der Waals surface area contributed by atoms with E-state index < -0.39 is 5.97 Å². The summed E-state index contributed by atoms with van der Waals surface area (Å²) in [5, 5.41) is 1.70. The molecule has 1 aromatic heterocycles. The van der Waals surface area contributed by atoms with Gasteiger partial charge in [0.2, 0.25) is 5.78 Å². The van der Waals surface area contributed by atoms with Crippen molar-refractivity contribution >= 4 is 28.3 Å². The average molecular weight is 349 g/mol. The first-order chi connectivity index (χ1) is 12.4. The number of hydrogen-bond donors (Lipinski definition) is 1. The molecule has 0 aliphatic heterocycles. The van der Waals surface area contributed by atoms with E-state index in [0.717, 1.165) is 10.8 Å². The standard InChI is InChI=1S/C21H19NO4/c1-12-19(14(3)23)13(2)22-20(12)18(24)11-26-21(25)17-10-6-8-15-7-4-5-9-16(15)17/h4-10,22H,11H2,1-3H3. The van der Waals surface area contributed by atoms with Crippen molar-refractivity contribution in [3.8, 4) is 0 Å². The van der Waals surface area contributed by atoms with E-state index in [1.54, 1.807) is 26.0 Å². The van der Waals surface area contributed by atoms with E-state index in [-0.39, 0.29) is 18.2 Å². The van der Waals surface area contributed by atoms with Gasteiger partial charge >= 0.3 is 5.97 Å². The Kier molecular flexibility index (Phi) is 4.71. The fourth-order valence-electron chi connectivity index (χ4n) is 3.24. The van der Waals surface area contributed by atoms with Gasteiger partial charge in [-0.15, -0.1) is 0 Å². The molecule has 1 N–H and O–H groups in total. The van der Waals surface area contributed by atoms with Crippen molar-refractivity contribution in [2.45, 2.75) is 20.8 Å². The number of H-pyrrole nitrogens is 1. The second kappa shape index (κ2) is 6.96. The highest BCUT2D eigenvalue weighted by Crippen LogP contribution is 2.21. The van der Waals surface area contributed by atoms with Gasteiger partial charge in [-0.3, -0.25) is 9.59 Å². The topological polar surface area (TPSA) is 76.2 Å². The summed E-state index contributed by atoms with van der Waals surface area (Å²) in [6.07, 6.45) is 0. The summed E-state index contributed by atoms with van der Waals surface area (Å²) in [7, 11) is 0. The number of carbonyl (C=O) groups is 3. The predicted molar refractivity (Wildman–Crippen MR) is 98.8 cm³/mol. The molecule has 0 saturated carbocycles. The van der Waals surface area contributed by atoms with Gasteiger partial charge in [-0.05, 0) is 43.2 Å². The van der Waals surface area contributed by atoms with Crippen LogP contribution >= 0.6 is 0 Å². The molecule has 0 saturated heterocycles. The van der Waals surface area contributed by atoms with Crippen LogP contribution in [-0.2, 0) is 4.74 Å². The summed E-state index contributed by atoms with van der Waals surface area (Å²) in [5.41, 5.74) is 2.45. The molecule has 1 heterocycles. The minimum atomic E-state index is -0.553. The smallest absolute Gasteiger partial charge is 0.339 e. The monoisotopic (exact) mass is 349 g/mol. The molecule has 0 aliphatic carbocycles. The van der Waals surface area contributed by atoms with Crippen molar-refractivity contribution in [2.24, 2.45) is 0 Å². The number of fused-ring (bicyclic) bond motifs is 1. The Morgan fingerprint density at radius 3 is 2.38 bits per heavy atom. The molecule has 26 heavy (non-hydrogen) atoms. The molecule has 0 atom stereocenters. The van der Waals surface area contributed by atoms with E-state index >= 15 is 0 Å². The van der Waals surface area contributed by atoms with E-state index in [2.05, 4.69) is 4.98 Å². The molecule has 132 valence electrons. The van der Waals surface area contributed by atoms with Crippen molar-refractivity contribution < 1.29 is 19.1 Å². The minimum Gasteiger partial charge on any atom is -0.454 e. The molecular formula is C21H19NO4. The highest BCUT2D eigenvalue weighted by Gasteiger charge is 2.21. The van der Waals surface area contributed by atoms with Gasteiger partial charge in [0.1, 0.15) is 0 Å². The molecule has 3 rings (SSSR count). The van der Waals surface area contributed by atoms with Crippen LogP contribution < -0.4 is 0 Å². The first-order valence-electron chi connectivity index (χ1n) is 8.28. The maximum absolute atomic E-state index is 12.4. The fourth-order valence-corrected chi connectivity index (χ4v) is 3.24. The highest BCUT2D eigenvalue weighted by atomic mass is 16.5. The van der Waals surface area contributed by atoms with Crippen LogP contribution in [0.15, 0.2) is 42.5 Å². The first-order valence-corrected chi connectivity index (χ1v) is 8.28. The molecule has 0 fully saturated rings. The normalized spacial score (nSPS) is 10.7. The molecule has 0 aliphatic rings. The van der Waals surface area contributed by atoms with Gasteiger partial charge in [0.25, 0.3) is 0 Å². The SMILES string of the molecule is CC(=O)c1c(C)[nH]c(C(=O)COC(=O)c2cccc3ccccc23)c1C. The zero-order chi connectivity index (χ0) is 18.8. The Morgan fingerprint density at radius 2 is 1.69 bits per heavy atom. The van der Waals surface area contributed by atoms with Crippen molar-refractivity contribution in [1.82, 2.24) is 4.98 Å². The number of benzene rings is 2. The molecule has 0 radical (unpaired) electrons. The lowest BCUT2D eigenvalue weighted by atomic mass is 10.0. The van der Waals surface area contributed by atoms with Gasteiger partial charge in [-0.2, -0.15) is 0 Å². The molecule has 0 amide bonds. The number of aryl methyl sites for hydroxylation is 1.